The second-order valence-corrected chi connectivity index (χ2v) is 5.03. The fourth-order valence-corrected chi connectivity index (χ4v) is 2.19. The third-order valence-electron chi connectivity index (χ3n) is 3.68. The first kappa shape index (κ1) is 13.6. The molecule has 1 N–H and O–H groups in total. The highest BCUT2D eigenvalue weighted by Gasteiger charge is 2.12. The van der Waals surface area contributed by atoms with Crippen molar-refractivity contribution in [3.8, 4) is 0 Å². The largest absolute Gasteiger partial charge is 0.327 e. The molecule has 4 nitrogen and oxygen atoms in total. The smallest absolute Gasteiger partial charge is 0.312 e. The Hall–Kier alpha value is -1.81. The van der Waals surface area contributed by atoms with Crippen LogP contribution in [0.2, 0.25) is 0 Å². The summed E-state index contributed by atoms with van der Waals surface area (Å²) in [4.78, 5) is 11.9. The van der Waals surface area contributed by atoms with E-state index in [0.717, 1.165) is 0 Å². The lowest BCUT2D eigenvalue weighted by Crippen LogP contribution is -2.29. The average Bonchev–Trinajstić information content (AvgIpc) is 2.71. The van der Waals surface area contributed by atoms with Gasteiger partial charge in [0.15, 0.2) is 0 Å². The molecule has 1 aromatic carbocycles. The Morgan fingerprint density at radius 2 is 1.95 bits per heavy atom. The zero-order valence-corrected chi connectivity index (χ0v) is 12.0. The molecule has 102 valence electrons. The van der Waals surface area contributed by atoms with E-state index in [1.54, 1.807) is 22.4 Å². The van der Waals surface area contributed by atoms with E-state index in [9.17, 15) is 4.79 Å². The molecule has 0 spiro atoms. The maximum Gasteiger partial charge on any atom is 0.327 e. The number of aromatic nitrogens is 2. The molecule has 0 aliphatic heterocycles. The van der Waals surface area contributed by atoms with Gasteiger partial charge < -0.3 is 9.88 Å². The molecular formula is C15H21N3O. The van der Waals surface area contributed by atoms with Crippen molar-refractivity contribution in [2.24, 2.45) is 7.05 Å². The molecule has 0 aliphatic rings. The van der Waals surface area contributed by atoms with Crippen molar-refractivity contribution in [1.82, 2.24) is 14.5 Å². The Morgan fingerprint density at radius 1 is 1.21 bits per heavy atom. The molecule has 1 unspecified atom stereocenters. The van der Waals surface area contributed by atoms with E-state index >= 15 is 0 Å². The summed E-state index contributed by atoms with van der Waals surface area (Å²) in [5.74, 6) is 0. The Labute approximate surface area is 113 Å². The number of nitrogens with one attached hydrogen (secondary N) is 1. The summed E-state index contributed by atoms with van der Waals surface area (Å²) in [5.41, 5.74) is 3.79. The molecular weight excluding hydrogens is 238 g/mol. The number of hydrogen-bond donors (Lipinski definition) is 1. The van der Waals surface area contributed by atoms with Gasteiger partial charge in [0, 0.05) is 26.0 Å². The predicted molar refractivity (Wildman–Crippen MR) is 77.4 cm³/mol. The first-order chi connectivity index (χ1) is 9.02. The lowest BCUT2D eigenvalue weighted by Gasteiger charge is -2.18. The van der Waals surface area contributed by atoms with Crippen LogP contribution in [-0.2, 0) is 13.6 Å². The van der Waals surface area contributed by atoms with Crippen LogP contribution in [0.1, 0.15) is 22.7 Å². The minimum absolute atomic E-state index is 0.0177. The fraction of sp³-hybridized carbons (Fsp3) is 0.400. The van der Waals surface area contributed by atoms with Crippen LogP contribution in [0.4, 0.5) is 0 Å². The van der Waals surface area contributed by atoms with Crippen molar-refractivity contribution in [3.63, 3.8) is 0 Å². The van der Waals surface area contributed by atoms with Crippen LogP contribution >= 0.6 is 0 Å². The maximum absolute atomic E-state index is 11.9. The Bertz CT molecular complexity index is 625. The molecule has 0 radical (unpaired) electrons. The van der Waals surface area contributed by atoms with Crippen molar-refractivity contribution in [3.05, 3.63) is 57.8 Å². The van der Waals surface area contributed by atoms with E-state index in [0.29, 0.717) is 6.54 Å². The first-order valence-corrected chi connectivity index (χ1v) is 6.49. The minimum Gasteiger partial charge on any atom is -0.312 e. The quantitative estimate of drug-likeness (QED) is 0.909. The van der Waals surface area contributed by atoms with Crippen molar-refractivity contribution < 1.29 is 0 Å². The van der Waals surface area contributed by atoms with Crippen LogP contribution in [0.5, 0.6) is 0 Å². The molecule has 1 aromatic heterocycles. The van der Waals surface area contributed by atoms with Gasteiger partial charge in [0.05, 0.1) is 6.04 Å². The second-order valence-electron chi connectivity index (χ2n) is 5.03. The zero-order chi connectivity index (χ0) is 14.0. The molecule has 19 heavy (non-hydrogen) atoms. The van der Waals surface area contributed by atoms with E-state index in [1.165, 1.54) is 16.7 Å². The van der Waals surface area contributed by atoms with Gasteiger partial charge in [-0.2, -0.15) is 0 Å². The maximum atomic E-state index is 11.9. The van der Waals surface area contributed by atoms with Gasteiger partial charge in [0.25, 0.3) is 0 Å². The molecule has 1 atom stereocenters. The Morgan fingerprint density at radius 3 is 2.47 bits per heavy atom. The Kier molecular flexibility index (Phi) is 3.90. The van der Waals surface area contributed by atoms with Crippen LogP contribution in [0, 0.1) is 13.8 Å². The third-order valence-corrected chi connectivity index (χ3v) is 3.68. The summed E-state index contributed by atoms with van der Waals surface area (Å²) in [6.07, 6.45) is 3.61. The van der Waals surface area contributed by atoms with Crippen molar-refractivity contribution in [2.75, 3.05) is 7.05 Å². The van der Waals surface area contributed by atoms with Gasteiger partial charge in [-0.25, -0.2) is 4.79 Å². The molecule has 4 heteroatoms. The predicted octanol–water partition coefficient (Wildman–Crippen LogP) is 1.76. The number of aryl methyl sites for hydroxylation is 3. The lowest BCUT2D eigenvalue weighted by atomic mass is 10.0. The van der Waals surface area contributed by atoms with Gasteiger partial charge in [0.1, 0.15) is 0 Å². The molecule has 0 fully saturated rings. The fourth-order valence-electron chi connectivity index (χ4n) is 2.19. The van der Waals surface area contributed by atoms with E-state index in [2.05, 4.69) is 37.4 Å². The number of likely N-dealkylation sites (N-methyl/N-ethyl adjacent to an activating group) is 1. The van der Waals surface area contributed by atoms with Crippen LogP contribution in [0.25, 0.3) is 0 Å². The topological polar surface area (TPSA) is 39.0 Å². The Balaban J connectivity index is 2.27. The van der Waals surface area contributed by atoms with Crippen LogP contribution < -0.4 is 11.0 Å². The summed E-state index contributed by atoms with van der Waals surface area (Å²) >= 11 is 0. The third kappa shape index (κ3) is 2.79. The number of hydrogen-bond acceptors (Lipinski definition) is 2. The van der Waals surface area contributed by atoms with Crippen LogP contribution in [0.3, 0.4) is 0 Å². The van der Waals surface area contributed by atoms with E-state index in [1.807, 2.05) is 13.2 Å². The summed E-state index contributed by atoms with van der Waals surface area (Å²) in [7, 11) is 3.69. The highest BCUT2D eigenvalue weighted by atomic mass is 16.1. The molecule has 1 heterocycles. The van der Waals surface area contributed by atoms with Crippen molar-refractivity contribution >= 4 is 0 Å². The number of imidazole rings is 1. The second kappa shape index (κ2) is 5.45. The number of benzene rings is 1. The number of rotatable bonds is 4. The highest BCUT2D eigenvalue weighted by Crippen LogP contribution is 2.18. The molecule has 0 amide bonds. The van der Waals surface area contributed by atoms with Crippen molar-refractivity contribution in [1.29, 1.82) is 0 Å². The van der Waals surface area contributed by atoms with E-state index in [-0.39, 0.29) is 11.7 Å². The van der Waals surface area contributed by atoms with Gasteiger partial charge in [-0.1, -0.05) is 18.2 Å². The normalized spacial score (nSPS) is 12.6. The zero-order valence-electron chi connectivity index (χ0n) is 12.0. The number of nitrogens with zero attached hydrogens (tertiary/aromatic N) is 2. The van der Waals surface area contributed by atoms with E-state index in [4.69, 9.17) is 0 Å². The lowest BCUT2D eigenvalue weighted by molar-refractivity contribution is 0.487. The SMILES string of the molecule is CNC(Cn1ccn(C)c1=O)c1ccc(C)c(C)c1. The molecule has 0 aliphatic carbocycles. The highest BCUT2D eigenvalue weighted by molar-refractivity contribution is 5.31. The standard InChI is InChI=1S/C15H21N3O/c1-11-5-6-13(9-12(11)2)14(16-3)10-18-8-7-17(4)15(18)19/h5-9,14,16H,10H2,1-4H3. The molecule has 0 saturated carbocycles. The summed E-state index contributed by atoms with van der Waals surface area (Å²) in [6.45, 7) is 4.86. The summed E-state index contributed by atoms with van der Waals surface area (Å²) in [5, 5.41) is 3.28. The van der Waals surface area contributed by atoms with Crippen molar-refractivity contribution in [2.45, 2.75) is 26.4 Å². The summed E-state index contributed by atoms with van der Waals surface area (Å²) in [6, 6.07) is 6.57. The van der Waals surface area contributed by atoms with Crippen LogP contribution in [0.15, 0.2) is 35.4 Å². The van der Waals surface area contributed by atoms with E-state index < -0.39 is 0 Å². The van der Waals surface area contributed by atoms with Gasteiger partial charge in [-0.3, -0.25) is 4.57 Å². The molecule has 2 aromatic rings. The van der Waals surface area contributed by atoms with Gasteiger partial charge in [-0.05, 0) is 37.6 Å². The van der Waals surface area contributed by atoms with Gasteiger partial charge in [0.2, 0.25) is 0 Å². The monoisotopic (exact) mass is 259 g/mol. The van der Waals surface area contributed by atoms with Gasteiger partial charge in [-0.15, -0.1) is 0 Å². The summed E-state index contributed by atoms with van der Waals surface area (Å²) < 4.78 is 3.32. The van der Waals surface area contributed by atoms with Gasteiger partial charge >= 0.3 is 5.69 Å². The van der Waals surface area contributed by atoms with Crippen LogP contribution in [-0.4, -0.2) is 16.2 Å². The molecule has 0 saturated heterocycles. The minimum atomic E-state index is 0.0177. The first-order valence-electron chi connectivity index (χ1n) is 6.49. The molecule has 2 rings (SSSR count). The molecule has 0 bridgehead atoms. The average molecular weight is 259 g/mol.